The maximum Gasteiger partial charge on any atom is 0.325 e. The Balaban J connectivity index is 1.52. The number of urea groups is 1. The second-order valence-electron chi connectivity index (χ2n) is 7.94. The molecule has 4 rings (SSSR count). The number of rotatable bonds is 4. The summed E-state index contributed by atoms with van der Waals surface area (Å²) in [6.07, 6.45) is 0.523. The molecular weight excluding hydrogens is 412 g/mol. The van der Waals surface area contributed by atoms with Gasteiger partial charge >= 0.3 is 6.03 Å². The normalized spacial score (nSPS) is 19.9. The van der Waals surface area contributed by atoms with Crippen LogP contribution in [0, 0.1) is 13.8 Å². The topological polar surface area (TPSA) is 79.4 Å². The predicted octanol–water partition coefficient (Wildman–Crippen LogP) is 4.11. The number of carbonyl (C=O) groups is 3. The fraction of sp³-hybridized carbons (Fsp3) is 0.429. The summed E-state index contributed by atoms with van der Waals surface area (Å²) in [6, 6.07) is 4.79. The molecule has 0 aromatic carbocycles. The zero-order chi connectivity index (χ0) is 21.7. The number of imide groups is 1. The highest BCUT2D eigenvalue weighted by molar-refractivity contribution is 7.17. The van der Waals surface area contributed by atoms with Crippen molar-refractivity contribution in [3.8, 4) is 10.4 Å². The fourth-order valence-corrected chi connectivity index (χ4v) is 5.21. The third kappa shape index (κ3) is 3.51. The molecule has 1 spiro atoms. The van der Waals surface area contributed by atoms with Crippen LogP contribution in [0.4, 0.5) is 13.6 Å². The number of aryl methyl sites for hydroxylation is 2. The number of hydrogen-bond donors (Lipinski definition) is 1. The average Bonchev–Trinajstić information content (AvgIpc) is 3.18. The number of carbonyl (C=O) groups excluding carboxylic acids is 3. The number of thiophene rings is 1. The van der Waals surface area contributed by atoms with Crippen LogP contribution in [0.15, 0.2) is 24.4 Å². The van der Waals surface area contributed by atoms with Crippen molar-refractivity contribution in [2.24, 2.45) is 0 Å². The summed E-state index contributed by atoms with van der Waals surface area (Å²) in [4.78, 5) is 44.5. The zero-order valence-corrected chi connectivity index (χ0v) is 17.4. The van der Waals surface area contributed by atoms with Gasteiger partial charge in [0.15, 0.2) is 5.78 Å². The van der Waals surface area contributed by atoms with E-state index in [1.54, 1.807) is 12.3 Å². The van der Waals surface area contributed by atoms with Crippen LogP contribution in [0.5, 0.6) is 0 Å². The van der Waals surface area contributed by atoms with E-state index in [-0.39, 0.29) is 18.6 Å². The van der Waals surface area contributed by atoms with Crippen molar-refractivity contribution in [3.05, 3.63) is 40.5 Å². The van der Waals surface area contributed by atoms with Gasteiger partial charge in [-0.1, -0.05) is 6.07 Å². The summed E-state index contributed by atoms with van der Waals surface area (Å²) in [6.45, 7) is 3.37. The second-order valence-corrected chi connectivity index (χ2v) is 8.99. The highest BCUT2D eigenvalue weighted by Crippen LogP contribution is 2.41. The molecule has 0 atom stereocenters. The van der Waals surface area contributed by atoms with Gasteiger partial charge in [-0.25, -0.2) is 13.6 Å². The molecule has 3 amide bonds. The van der Waals surface area contributed by atoms with Crippen LogP contribution in [-0.2, 0) is 4.79 Å². The summed E-state index contributed by atoms with van der Waals surface area (Å²) in [5.74, 6) is -3.78. The highest BCUT2D eigenvalue weighted by Gasteiger charge is 2.55. The minimum Gasteiger partial charge on any atom is -0.323 e. The molecule has 2 aliphatic rings. The Kier molecular flexibility index (Phi) is 4.96. The SMILES string of the molecule is Cc1cc(C(=O)CN2C(=O)NC3(CCC(F)(F)CC3)C2=O)sc1-c1cccnc1C. The summed E-state index contributed by atoms with van der Waals surface area (Å²) < 4.78 is 27.0. The van der Waals surface area contributed by atoms with Crippen molar-refractivity contribution in [3.63, 3.8) is 0 Å². The molecule has 2 aromatic heterocycles. The molecule has 0 radical (unpaired) electrons. The van der Waals surface area contributed by atoms with E-state index in [4.69, 9.17) is 0 Å². The molecular formula is C21H21F2N3O3S. The Labute approximate surface area is 176 Å². The average molecular weight is 433 g/mol. The van der Waals surface area contributed by atoms with Crippen LogP contribution < -0.4 is 5.32 Å². The van der Waals surface area contributed by atoms with E-state index in [1.807, 2.05) is 26.0 Å². The first-order valence-corrected chi connectivity index (χ1v) is 10.5. The summed E-state index contributed by atoms with van der Waals surface area (Å²) >= 11 is 1.29. The lowest BCUT2D eigenvalue weighted by atomic mass is 9.80. The molecule has 158 valence electrons. The summed E-state index contributed by atoms with van der Waals surface area (Å²) in [5, 5.41) is 2.56. The molecule has 0 unspecified atom stereocenters. The standard InChI is InChI=1S/C21H21F2N3O3S/c1-12-10-16(30-17(12)14-4-3-9-24-13(14)2)15(27)11-26-18(28)20(25-19(26)29)5-7-21(22,23)8-6-20/h3-4,9-10H,5-8,11H2,1-2H3,(H,25,29). The first-order chi connectivity index (χ1) is 14.1. The number of amides is 3. The van der Waals surface area contributed by atoms with Gasteiger partial charge in [0, 0.05) is 35.2 Å². The Morgan fingerprint density at radius 3 is 2.60 bits per heavy atom. The Morgan fingerprint density at radius 2 is 1.93 bits per heavy atom. The largest absolute Gasteiger partial charge is 0.325 e. The Bertz CT molecular complexity index is 1040. The lowest BCUT2D eigenvalue weighted by molar-refractivity contribution is -0.135. The Hall–Kier alpha value is -2.68. The molecule has 2 fully saturated rings. The molecule has 1 aliphatic heterocycles. The van der Waals surface area contributed by atoms with Gasteiger partial charge in [0.05, 0.1) is 11.4 Å². The first-order valence-electron chi connectivity index (χ1n) is 9.69. The molecule has 1 aliphatic carbocycles. The monoisotopic (exact) mass is 433 g/mol. The first kappa shape index (κ1) is 20.6. The van der Waals surface area contributed by atoms with Crippen LogP contribution >= 0.6 is 11.3 Å². The molecule has 0 bridgehead atoms. The van der Waals surface area contributed by atoms with E-state index in [9.17, 15) is 23.2 Å². The number of ketones is 1. The fourth-order valence-electron chi connectivity index (χ4n) is 4.03. The van der Waals surface area contributed by atoms with Crippen molar-refractivity contribution in [1.29, 1.82) is 0 Å². The second kappa shape index (κ2) is 7.23. The van der Waals surface area contributed by atoms with E-state index >= 15 is 0 Å². The van der Waals surface area contributed by atoms with Gasteiger partial charge < -0.3 is 5.32 Å². The number of hydrogen-bond acceptors (Lipinski definition) is 5. The molecule has 3 heterocycles. The van der Waals surface area contributed by atoms with Gasteiger partial charge in [0.2, 0.25) is 5.92 Å². The number of aromatic nitrogens is 1. The van der Waals surface area contributed by atoms with E-state index < -0.39 is 42.8 Å². The number of nitrogens with one attached hydrogen (secondary N) is 1. The van der Waals surface area contributed by atoms with Crippen molar-refractivity contribution in [2.45, 2.75) is 51.0 Å². The lowest BCUT2D eigenvalue weighted by Gasteiger charge is -2.34. The molecule has 30 heavy (non-hydrogen) atoms. The van der Waals surface area contributed by atoms with E-state index in [2.05, 4.69) is 10.3 Å². The van der Waals surface area contributed by atoms with Crippen molar-refractivity contribution in [2.75, 3.05) is 6.54 Å². The van der Waals surface area contributed by atoms with Crippen LogP contribution in [-0.4, -0.2) is 45.6 Å². The Morgan fingerprint density at radius 1 is 1.23 bits per heavy atom. The van der Waals surface area contributed by atoms with Gasteiger partial charge in [0.1, 0.15) is 5.54 Å². The van der Waals surface area contributed by atoms with Gasteiger partial charge in [0.25, 0.3) is 5.91 Å². The quantitative estimate of drug-likeness (QED) is 0.581. The zero-order valence-electron chi connectivity index (χ0n) is 16.6. The summed E-state index contributed by atoms with van der Waals surface area (Å²) in [5.41, 5.74) is 1.35. The van der Waals surface area contributed by atoms with Crippen molar-refractivity contribution < 1.29 is 23.2 Å². The highest BCUT2D eigenvalue weighted by atomic mass is 32.1. The lowest BCUT2D eigenvalue weighted by Crippen LogP contribution is -2.51. The molecule has 9 heteroatoms. The van der Waals surface area contributed by atoms with Crippen LogP contribution in [0.25, 0.3) is 10.4 Å². The maximum absolute atomic E-state index is 13.5. The minimum absolute atomic E-state index is 0.127. The predicted molar refractivity (Wildman–Crippen MR) is 108 cm³/mol. The number of halogens is 2. The number of nitrogens with zero attached hydrogens (tertiary/aromatic N) is 2. The molecule has 1 saturated heterocycles. The van der Waals surface area contributed by atoms with Crippen LogP contribution in [0.1, 0.15) is 46.6 Å². The van der Waals surface area contributed by atoms with E-state index in [1.165, 1.54) is 11.3 Å². The molecule has 6 nitrogen and oxygen atoms in total. The minimum atomic E-state index is -2.82. The van der Waals surface area contributed by atoms with Crippen LogP contribution in [0.3, 0.4) is 0 Å². The third-order valence-corrected chi connectivity index (χ3v) is 7.14. The van der Waals surface area contributed by atoms with Crippen molar-refractivity contribution >= 4 is 29.1 Å². The smallest absolute Gasteiger partial charge is 0.323 e. The summed E-state index contributed by atoms with van der Waals surface area (Å²) in [7, 11) is 0. The molecule has 1 saturated carbocycles. The number of pyridine rings is 1. The third-order valence-electron chi connectivity index (χ3n) is 5.83. The molecule has 2 aromatic rings. The molecule has 1 N–H and O–H groups in total. The van der Waals surface area contributed by atoms with Crippen molar-refractivity contribution in [1.82, 2.24) is 15.2 Å². The van der Waals surface area contributed by atoms with Gasteiger partial charge in [-0.15, -0.1) is 11.3 Å². The van der Waals surface area contributed by atoms with E-state index in [0.717, 1.165) is 26.6 Å². The van der Waals surface area contributed by atoms with E-state index in [0.29, 0.717) is 4.88 Å². The van der Waals surface area contributed by atoms with Gasteiger partial charge in [-0.3, -0.25) is 19.5 Å². The van der Waals surface area contributed by atoms with Crippen LogP contribution in [0.2, 0.25) is 0 Å². The number of Topliss-reactive ketones (excluding diaryl/α,β-unsaturated/α-hetero) is 1. The van der Waals surface area contributed by atoms with Gasteiger partial charge in [-0.2, -0.15) is 0 Å². The maximum atomic E-state index is 13.5. The van der Waals surface area contributed by atoms with Gasteiger partial charge in [-0.05, 0) is 44.4 Å². The number of alkyl halides is 2.